The van der Waals surface area contributed by atoms with E-state index in [9.17, 15) is 0 Å². The second-order valence-corrected chi connectivity index (χ2v) is 4.63. The Morgan fingerprint density at radius 1 is 0.889 bits per heavy atom. The molecule has 2 nitrogen and oxygen atoms in total. The molecule has 3 heteroatoms. The van der Waals surface area contributed by atoms with Gasteiger partial charge in [0.2, 0.25) is 0 Å². The number of benzene rings is 2. The van der Waals surface area contributed by atoms with Crippen LogP contribution in [0.25, 0.3) is 0 Å². The Kier molecular flexibility index (Phi) is 4.11. The molecule has 0 aliphatic carbocycles. The molecule has 18 heavy (non-hydrogen) atoms. The van der Waals surface area contributed by atoms with Gasteiger partial charge >= 0.3 is 0 Å². The molecule has 0 unspecified atom stereocenters. The molecule has 94 valence electrons. The summed E-state index contributed by atoms with van der Waals surface area (Å²) in [6.07, 6.45) is 0.149. The van der Waals surface area contributed by atoms with Gasteiger partial charge in [0.25, 0.3) is 0 Å². The quantitative estimate of drug-likeness (QED) is 0.779. The third-order valence-electron chi connectivity index (χ3n) is 2.23. The highest BCUT2D eigenvalue weighted by Gasteiger charge is 2.01. The lowest BCUT2D eigenvalue weighted by molar-refractivity contribution is 0.241. The zero-order valence-electron chi connectivity index (χ0n) is 10.4. The van der Waals surface area contributed by atoms with Crippen LogP contribution in [0.1, 0.15) is 13.8 Å². The van der Waals surface area contributed by atoms with Gasteiger partial charge in [-0.15, -0.1) is 0 Å². The molecule has 0 radical (unpaired) electrons. The van der Waals surface area contributed by atoms with Crippen molar-refractivity contribution in [1.82, 2.24) is 0 Å². The van der Waals surface area contributed by atoms with Crippen molar-refractivity contribution in [1.29, 1.82) is 0 Å². The Morgan fingerprint density at radius 3 is 2.22 bits per heavy atom. The fourth-order valence-electron chi connectivity index (χ4n) is 1.52. The molecule has 0 spiro atoms. The van der Waals surface area contributed by atoms with Crippen molar-refractivity contribution in [3.05, 3.63) is 53.6 Å². The summed E-state index contributed by atoms with van der Waals surface area (Å²) >= 11 is 5.82. The SMILES string of the molecule is CC(C)Oc1cccc(Oc2ccc(Cl)cc2)c1. The molecule has 2 rings (SSSR count). The number of halogens is 1. The summed E-state index contributed by atoms with van der Waals surface area (Å²) in [5.74, 6) is 2.30. The Hall–Kier alpha value is -1.67. The highest BCUT2D eigenvalue weighted by Crippen LogP contribution is 2.26. The maximum absolute atomic E-state index is 5.82. The normalized spacial score (nSPS) is 10.4. The van der Waals surface area contributed by atoms with Crippen LogP contribution >= 0.6 is 11.6 Å². The molecule has 0 aliphatic heterocycles. The zero-order chi connectivity index (χ0) is 13.0. The number of hydrogen-bond acceptors (Lipinski definition) is 2. The van der Waals surface area contributed by atoms with Gasteiger partial charge in [-0.05, 0) is 50.2 Å². The number of rotatable bonds is 4. The van der Waals surface area contributed by atoms with Gasteiger partial charge in [0.15, 0.2) is 0 Å². The van der Waals surface area contributed by atoms with Crippen LogP contribution in [0, 0.1) is 0 Å². The van der Waals surface area contributed by atoms with E-state index in [4.69, 9.17) is 21.1 Å². The third-order valence-corrected chi connectivity index (χ3v) is 2.48. The van der Waals surface area contributed by atoms with Crippen LogP contribution in [0.4, 0.5) is 0 Å². The van der Waals surface area contributed by atoms with Gasteiger partial charge in [-0.2, -0.15) is 0 Å². The minimum atomic E-state index is 0.149. The van der Waals surface area contributed by atoms with Crippen molar-refractivity contribution in [2.24, 2.45) is 0 Å². The van der Waals surface area contributed by atoms with Crippen molar-refractivity contribution in [2.75, 3.05) is 0 Å². The van der Waals surface area contributed by atoms with Gasteiger partial charge in [-0.25, -0.2) is 0 Å². The zero-order valence-corrected chi connectivity index (χ0v) is 11.1. The van der Waals surface area contributed by atoms with E-state index < -0.39 is 0 Å². The van der Waals surface area contributed by atoms with Crippen molar-refractivity contribution in [2.45, 2.75) is 20.0 Å². The lowest BCUT2D eigenvalue weighted by atomic mass is 10.3. The average Bonchev–Trinajstić information content (AvgIpc) is 2.32. The molecule has 0 N–H and O–H groups in total. The van der Waals surface area contributed by atoms with Crippen LogP contribution in [0.3, 0.4) is 0 Å². The monoisotopic (exact) mass is 262 g/mol. The first-order chi connectivity index (χ1) is 8.63. The number of hydrogen-bond donors (Lipinski definition) is 0. The first kappa shape index (κ1) is 12.8. The molecule has 0 heterocycles. The van der Waals surface area contributed by atoms with E-state index in [0.29, 0.717) is 5.02 Å². The molecule has 0 bridgehead atoms. The molecular weight excluding hydrogens is 248 g/mol. The maximum Gasteiger partial charge on any atom is 0.131 e. The summed E-state index contributed by atoms with van der Waals surface area (Å²) in [5, 5.41) is 0.694. The summed E-state index contributed by atoms with van der Waals surface area (Å²) in [6.45, 7) is 3.99. The Balaban J connectivity index is 2.11. The van der Waals surface area contributed by atoms with Crippen molar-refractivity contribution in [3.63, 3.8) is 0 Å². The lowest BCUT2D eigenvalue weighted by Gasteiger charge is -2.11. The van der Waals surface area contributed by atoms with E-state index in [1.807, 2.05) is 50.2 Å². The van der Waals surface area contributed by atoms with Crippen molar-refractivity contribution in [3.8, 4) is 17.2 Å². The second kappa shape index (κ2) is 5.78. The van der Waals surface area contributed by atoms with Gasteiger partial charge in [0.05, 0.1) is 6.10 Å². The van der Waals surface area contributed by atoms with Crippen LogP contribution < -0.4 is 9.47 Å². The molecule has 0 aliphatic rings. The molecule has 0 aromatic heterocycles. The third kappa shape index (κ3) is 3.67. The smallest absolute Gasteiger partial charge is 0.131 e. The summed E-state index contributed by atoms with van der Waals surface area (Å²) in [5.41, 5.74) is 0. The van der Waals surface area contributed by atoms with Crippen LogP contribution in [-0.2, 0) is 0 Å². The van der Waals surface area contributed by atoms with Crippen LogP contribution in [0.2, 0.25) is 5.02 Å². The van der Waals surface area contributed by atoms with Gasteiger partial charge in [0, 0.05) is 11.1 Å². The van der Waals surface area contributed by atoms with Gasteiger partial charge in [-0.3, -0.25) is 0 Å². The predicted molar refractivity (Wildman–Crippen MR) is 73.7 cm³/mol. The van der Waals surface area contributed by atoms with E-state index in [0.717, 1.165) is 17.2 Å². The second-order valence-electron chi connectivity index (χ2n) is 4.20. The van der Waals surface area contributed by atoms with Crippen LogP contribution in [-0.4, -0.2) is 6.10 Å². The molecule has 0 amide bonds. The first-order valence-corrected chi connectivity index (χ1v) is 6.21. The van der Waals surface area contributed by atoms with E-state index in [2.05, 4.69) is 0 Å². The van der Waals surface area contributed by atoms with E-state index in [1.54, 1.807) is 12.1 Å². The van der Waals surface area contributed by atoms with Gasteiger partial charge in [0.1, 0.15) is 17.2 Å². The summed E-state index contributed by atoms with van der Waals surface area (Å²) < 4.78 is 11.3. The lowest BCUT2D eigenvalue weighted by Crippen LogP contribution is -2.05. The highest BCUT2D eigenvalue weighted by molar-refractivity contribution is 6.30. The topological polar surface area (TPSA) is 18.5 Å². The largest absolute Gasteiger partial charge is 0.491 e. The fourth-order valence-corrected chi connectivity index (χ4v) is 1.65. The van der Waals surface area contributed by atoms with E-state index in [1.165, 1.54) is 0 Å². The Labute approximate surface area is 112 Å². The van der Waals surface area contributed by atoms with Crippen LogP contribution in [0.5, 0.6) is 17.2 Å². The molecule has 0 fully saturated rings. The molecule has 0 saturated carbocycles. The maximum atomic E-state index is 5.82. The predicted octanol–water partition coefficient (Wildman–Crippen LogP) is 4.92. The Morgan fingerprint density at radius 2 is 1.56 bits per heavy atom. The molecule has 0 saturated heterocycles. The van der Waals surface area contributed by atoms with Crippen molar-refractivity contribution < 1.29 is 9.47 Å². The molecule has 0 atom stereocenters. The van der Waals surface area contributed by atoms with Gasteiger partial charge < -0.3 is 9.47 Å². The molecule has 2 aromatic carbocycles. The number of ether oxygens (including phenoxy) is 2. The molecule has 2 aromatic rings. The summed E-state index contributed by atoms with van der Waals surface area (Å²) in [4.78, 5) is 0. The summed E-state index contributed by atoms with van der Waals surface area (Å²) in [6, 6.07) is 14.8. The van der Waals surface area contributed by atoms with E-state index >= 15 is 0 Å². The first-order valence-electron chi connectivity index (χ1n) is 5.83. The highest BCUT2D eigenvalue weighted by atomic mass is 35.5. The van der Waals surface area contributed by atoms with Crippen molar-refractivity contribution >= 4 is 11.6 Å². The van der Waals surface area contributed by atoms with Gasteiger partial charge in [-0.1, -0.05) is 17.7 Å². The van der Waals surface area contributed by atoms with Crippen LogP contribution in [0.15, 0.2) is 48.5 Å². The Bertz CT molecular complexity index is 506. The minimum Gasteiger partial charge on any atom is -0.491 e. The fraction of sp³-hybridized carbons (Fsp3) is 0.200. The standard InChI is InChI=1S/C15H15ClO2/c1-11(2)17-14-4-3-5-15(10-14)18-13-8-6-12(16)7-9-13/h3-11H,1-2H3. The summed E-state index contributed by atoms with van der Waals surface area (Å²) in [7, 11) is 0. The van der Waals surface area contributed by atoms with E-state index in [-0.39, 0.29) is 6.10 Å². The average molecular weight is 263 g/mol. The molecular formula is C15H15ClO2. The minimum absolute atomic E-state index is 0.149.